The van der Waals surface area contributed by atoms with Gasteiger partial charge in [-0.2, -0.15) is 4.31 Å². The smallest absolute Gasteiger partial charge is 0.326 e. The third-order valence-corrected chi connectivity index (χ3v) is 6.94. The second-order valence-corrected chi connectivity index (χ2v) is 8.88. The Bertz CT molecular complexity index is 761. The van der Waals surface area contributed by atoms with E-state index in [2.05, 4.69) is 5.32 Å². The number of aliphatic carboxylic acids is 1. The summed E-state index contributed by atoms with van der Waals surface area (Å²) in [6.45, 7) is 4.35. The van der Waals surface area contributed by atoms with E-state index in [1.54, 1.807) is 0 Å². The first-order valence-corrected chi connectivity index (χ1v) is 10.9. The summed E-state index contributed by atoms with van der Waals surface area (Å²) in [6, 6.07) is 4.68. The van der Waals surface area contributed by atoms with Gasteiger partial charge in [-0.15, -0.1) is 0 Å². The van der Waals surface area contributed by atoms with Crippen molar-refractivity contribution in [1.29, 1.82) is 0 Å². The molecule has 0 aliphatic carbocycles. The van der Waals surface area contributed by atoms with Crippen LogP contribution in [0.25, 0.3) is 0 Å². The van der Waals surface area contributed by atoms with Crippen molar-refractivity contribution in [2.24, 2.45) is 0 Å². The molecule has 1 fully saturated rings. The molecule has 8 heteroatoms. The molecule has 7 nitrogen and oxygen atoms in total. The van der Waals surface area contributed by atoms with Gasteiger partial charge in [-0.25, -0.2) is 13.2 Å². The Morgan fingerprint density at radius 1 is 1.26 bits per heavy atom. The van der Waals surface area contributed by atoms with Gasteiger partial charge in [0.15, 0.2) is 0 Å². The molecular weight excluding hydrogens is 368 g/mol. The molecule has 1 heterocycles. The monoisotopic (exact) mass is 396 g/mol. The van der Waals surface area contributed by atoms with Crippen LogP contribution >= 0.6 is 0 Å². The van der Waals surface area contributed by atoms with E-state index in [-0.39, 0.29) is 16.5 Å². The van der Waals surface area contributed by atoms with Crippen molar-refractivity contribution in [3.05, 3.63) is 29.8 Å². The Balaban J connectivity index is 2.11. The van der Waals surface area contributed by atoms with Crippen LogP contribution in [0.5, 0.6) is 0 Å². The minimum absolute atomic E-state index is 0.0402. The Morgan fingerprint density at radius 2 is 1.93 bits per heavy atom. The van der Waals surface area contributed by atoms with Crippen LogP contribution in [0.15, 0.2) is 29.2 Å². The molecule has 27 heavy (non-hydrogen) atoms. The van der Waals surface area contributed by atoms with Gasteiger partial charge < -0.3 is 10.4 Å². The van der Waals surface area contributed by atoms with Crippen LogP contribution in [-0.4, -0.2) is 48.3 Å². The molecule has 0 aromatic heterocycles. The van der Waals surface area contributed by atoms with E-state index in [0.717, 1.165) is 25.7 Å². The van der Waals surface area contributed by atoms with Crippen LogP contribution in [0, 0.1) is 0 Å². The van der Waals surface area contributed by atoms with Crippen molar-refractivity contribution in [3.63, 3.8) is 0 Å². The molecular formula is C19H28N2O5S. The van der Waals surface area contributed by atoms with Crippen molar-refractivity contribution >= 4 is 21.9 Å². The van der Waals surface area contributed by atoms with Crippen molar-refractivity contribution < 1.29 is 23.1 Å². The highest BCUT2D eigenvalue weighted by molar-refractivity contribution is 7.89. The fourth-order valence-electron chi connectivity index (χ4n) is 3.25. The summed E-state index contributed by atoms with van der Waals surface area (Å²) in [4.78, 5) is 23.7. The highest BCUT2D eigenvalue weighted by Gasteiger charge is 2.31. The zero-order chi connectivity index (χ0) is 20.0. The van der Waals surface area contributed by atoms with Crippen LogP contribution in [0.3, 0.4) is 0 Å². The average Bonchev–Trinajstić information content (AvgIpc) is 2.65. The predicted molar refractivity (Wildman–Crippen MR) is 102 cm³/mol. The second kappa shape index (κ2) is 9.32. The highest BCUT2D eigenvalue weighted by Crippen LogP contribution is 2.25. The molecule has 2 rings (SSSR count). The Hall–Kier alpha value is -1.93. The summed E-state index contributed by atoms with van der Waals surface area (Å²) in [5, 5.41) is 11.7. The molecule has 2 N–H and O–H groups in total. The number of unbranched alkanes of at least 4 members (excludes halogenated alkanes) is 1. The van der Waals surface area contributed by atoms with Crippen molar-refractivity contribution in [2.75, 3.05) is 6.54 Å². The summed E-state index contributed by atoms with van der Waals surface area (Å²) >= 11 is 0. The molecule has 0 spiro atoms. The molecule has 150 valence electrons. The Kier molecular flexibility index (Phi) is 7.38. The average molecular weight is 397 g/mol. The first-order chi connectivity index (χ1) is 12.8. The molecule has 1 aliphatic rings. The standard InChI is InChI=1S/C19H28N2O5S/c1-3-4-8-17(19(23)24)20-18(22)15-9-11-16(12-10-15)27(25,26)21-13-6-5-7-14(21)2/h9-12,14,17H,3-8,13H2,1-2H3,(H,20,22)(H,23,24)/t14?,17-/m0/s1. The van der Waals surface area contributed by atoms with Crippen LogP contribution in [-0.2, 0) is 14.8 Å². The lowest BCUT2D eigenvalue weighted by Gasteiger charge is -2.32. The number of nitrogens with zero attached hydrogens (tertiary/aromatic N) is 1. The van der Waals surface area contributed by atoms with Gasteiger partial charge in [-0.1, -0.05) is 26.2 Å². The van der Waals surface area contributed by atoms with E-state index in [1.165, 1.54) is 28.6 Å². The summed E-state index contributed by atoms with van der Waals surface area (Å²) in [6.07, 6.45) is 4.60. The third kappa shape index (κ3) is 5.29. The molecule has 1 amide bonds. The first kappa shape index (κ1) is 21.4. The van der Waals surface area contributed by atoms with Crippen LogP contribution in [0.4, 0.5) is 0 Å². The highest BCUT2D eigenvalue weighted by atomic mass is 32.2. The maximum atomic E-state index is 12.8. The second-order valence-electron chi connectivity index (χ2n) is 6.99. The lowest BCUT2D eigenvalue weighted by atomic mass is 10.1. The fraction of sp³-hybridized carbons (Fsp3) is 0.579. The number of carbonyl (C=O) groups excluding carboxylic acids is 1. The topological polar surface area (TPSA) is 104 Å². The van der Waals surface area contributed by atoms with Crippen molar-refractivity contribution in [3.8, 4) is 0 Å². The largest absolute Gasteiger partial charge is 0.480 e. The summed E-state index contributed by atoms with van der Waals surface area (Å²) in [7, 11) is -3.59. The molecule has 1 aliphatic heterocycles. The molecule has 1 aromatic carbocycles. The van der Waals surface area contributed by atoms with E-state index in [1.807, 2.05) is 13.8 Å². The van der Waals surface area contributed by atoms with Crippen LogP contribution in [0.1, 0.15) is 62.7 Å². The lowest BCUT2D eigenvalue weighted by molar-refractivity contribution is -0.139. The van der Waals surface area contributed by atoms with Crippen molar-refractivity contribution in [2.45, 2.75) is 69.4 Å². The number of sulfonamides is 1. The SMILES string of the molecule is CCCC[C@H](NC(=O)c1ccc(S(=O)(=O)N2CCCCC2C)cc1)C(=O)O. The zero-order valence-electron chi connectivity index (χ0n) is 15.8. The van der Waals surface area contributed by atoms with Crippen molar-refractivity contribution in [1.82, 2.24) is 9.62 Å². The van der Waals surface area contributed by atoms with E-state index < -0.39 is 27.9 Å². The summed E-state index contributed by atoms with van der Waals surface area (Å²) in [5.74, 6) is -1.59. The molecule has 0 saturated carbocycles. The quantitative estimate of drug-likeness (QED) is 0.703. The van der Waals surface area contributed by atoms with Gasteiger partial charge in [0.1, 0.15) is 6.04 Å². The number of rotatable bonds is 8. The number of hydrogen-bond donors (Lipinski definition) is 2. The van der Waals surface area contributed by atoms with E-state index >= 15 is 0 Å². The molecule has 1 aromatic rings. The molecule has 1 saturated heterocycles. The number of carboxylic acids is 1. The van der Waals surface area contributed by atoms with Crippen LogP contribution in [0.2, 0.25) is 0 Å². The molecule has 0 radical (unpaired) electrons. The normalized spacial score (nSPS) is 19.4. The minimum Gasteiger partial charge on any atom is -0.480 e. The Morgan fingerprint density at radius 3 is 2.48 bits per heavy atom. The van der Waals surface area contributed by atoms with Gasteiger partial charge in [0.25, 0.3) is 5.91 Å². The number of carbonyl (C=O) groups is 2. The molecule has 0 bridgehead atoms. The molecule has 1 unspecified atom stereocenters. The third-order valence-electron chi connectivity index (χ3n) is 4.91. The fourth-order valence-corrected chi connectivity index (χ4v) is 4.95. The van der Waals surface area contributed by atoms with Gasteiger partial charge in [0.05, 0.1) is 4.90 Å². The summed E-state index contributed by atoms with van der Waals surface area (Å²) in [5.41, 5.74) is 0.239. The lowest BCUT2D eigenvalue weighted by Crippen LogP contribution is -2.42. The predicted octanol–water partition coefficient (Wildman–Crippen LogP) is 2.62. The number of hydrogen-bond acceptors (Lipinski definition) is 4. The maximum Gasteiger partial charge on any atom is 0.326 e. The first-order valence-electron chi connectivity index (χ1n) is 9.43. The number of piperidine rings is 1. The number of carboxylic acid groups (broad SMARTS) is 1. The number of benzene rings is 1. The van der Waals surface area contributed by atoms with E-state index in [4.69, 9.17) is 0 Å². The molecule has 2 atom stereocenters. The van der Waals surface area contributed by atoms with Gasteiger partial charge >= 0.3 is 5.97 Å². The van der Waals surface area contributed by atoms with E-state index in [0.29, 0.717) is 19.4 Å². The van der Waals surface area contributed by atoms with Gasteiger partial charge in [0, 0.05) is 18.2 Å². The number of nitrogens with one attached hydrogen (secondary N) is 1. The minimum atomic E-state index is -3.59. The Labute approximate surface area is 160 Å². The van der Waals surface area contributed by atoms with Gasteiger partial charge in [-0.3, -0.25) is 4.79 Å². The van der Waals surface area contributed by atoms with Crippen LogP contribution < -0.4 is 5.32 Å². The zero-order valence-corrected chi connectivity index (χ0v) is 16.7. The van der Waals surface area contributed by atoms with Gasteiger partial charge in [-0.05, 0) is 50.5 Å². The maximum absolute atomic E-state index is 12.8. The van der Waals surface area contributed by atoms with E-state index in [9.17, 15) is 23.1 Å². The summed E-state index contributed by atoms with van der Waals surface area (Å²) < 4.78 is 27.1. The number of amides is 1. The van der Waals surface area contributed by atoms with Gasteiger partial charge in [0.2, 0.25) is 10.0 Å².